The molecule has 0 unspecified atom stereocenters. The molecule has 0 aliphatic heterocycles. The minimum Gasteiger partial charge on any atom is -0.505 e. The molecule has 0 aliphatic carbocycles. The quantitative estimate of drug-likeness (QED) is 0.138. The van der Waals surface area contributed by atoms with Crippen molar-refractivity contribution in [3.63, 3.8) is 0 Å². The molecule has 0 aliphatic rings. The molecule has 136 valence electrons. The molecular weight excluding hydrogens is 357 g/mol. The molecule has 0 fully saturated rings. The van der Waals surface area contributed by atoms with E-state index in [1.165, 1.54) is 0 Å². The summed E-state index contributed by atoms with van der Waals surface area (Å²) in [6, 6.07) is 25.8. The molecule has 28 heavy (non-hydrogen) atoms. The average Bonchev–Trinajstić information content (AvgIpc) is 2.71. The summed E-state index contributed by atoms with van der Waals surface area (Å²) in [6.45, 7) is 0. The number of hydrogen-bond acceptors (Lipinski definition) is 2. The van der Waals surface area contributed by atoms with Gasteiger partial charge in [-0.2, -0.15) is 0 Å². The molecular formula is C23H15BF2O2. The fourth-order valence-corrected chi connectivity index (χ4v) is 3.18. The van der Waals surface area contributed by atoms with Crippen LogP contribution in [0, 0.1) is 0 Å². The number of carbonyl (C=O) groups excluding carboxylic acids is 1. The number of allylic oxidation sites excluding steroid dienone is 1. The lowest BCUT2D eigenvalue weighted by Crippen LogP contribution is -2.06. The van der Waals surface area contributed by atoms with Crippen LogP contribution in [-0.4, -0.2) is 13.3 Å². The Hall–Kier alpha value is -3.47. The Kier molecular flexibility index (Phi) is 4.89. The lowest BCUT2D eigenvalue weighted by Gasteiger charge is -2.09. The van der Waals surface area contributed by atoms with Gasteiger partial charge >= 0.3 is 7.47 Å². The molecule has 4 aromatic carbocycles. The molecule has 5 heteroatoms. The van der Waals surface area contributed by atoms with Crippen LogP contribution in [0.25, 0.3) is 27.3 Å². The fraction of sp³-hybridized carbons (Fsp3) is 0. The number of rotatable bonds is 5. The smallest absolute Gasteiger partial charge is 0.505 e. The summed E-state index contributed by atoms with van der Waals surface area (Å²) in [5.74, 6) is -0.547. The zero-order valence-corrected chi connectivity index (χ0v) is 14.8. The highest BCUT2D eigenvalue weighted by Crippen LogP contribution is 2.25. The predicted molar refractivity (Wildman–Crippen MR) is 109 cm³/mol. The van der Waals surface area contributed by atoms with E-state index in [9.17, 15) is 13.4 Å². The van der Waals surface area contributed by atoms with Crippen molar-refractivity contribution < 1.29 is 18.1 Å². The van der Waals surface area contributed by atoms with E-state index in [1.54, 1.807) is 42.5 Å². The molecule has 2 nitrogen and oxygen atoms in total. The molecule has 0 aromatic heterocycles. The third-order valence-electron chi connectivity index (χ3n) is 4.53. The van der Waals surface area contributed by atoms with Gasteiger partial charge in [-0.3, -0.25) is 4.79 Å². The second kappa shape index (κ2) is 7.65. The van der Waals surface area contributed by atoms with Gasteiger partial charge in [0.1, 0.15) is 5.76 Å². The van der Waals surface area contributed by atoms with Crippen molar-refractivity contribution in [3.8, 4) is 0 Å². The summed E-state index contributed by atoms with van der Waals surface area (Å²) in [5.41, 5.74) is 0.831. The van der Waals surface area contributed by atoms with E-state index in [4.69, 9.17) is 0 Å². The highest BCUT2D eigenvalue weighted by atomic mass is 19.2. The van der Waals surface area contributed by atoms with Gasteiger partial charge in [-0.25, -0.2) is 8.63 Å². The van der Waals surface area contributed by atoms with Gasteiger partial charge < -0.3 is 4.65 Å². The van der Waals surface area contributed by atoms with Gasteiger partial charge in [0.15, 0.2) is 5.78 Å². The lowest BCUT2D eigenvalue weighted by molar-refractivity contribution is 0.104. The van der Waals surface area contributed by atoms with Gasteiger partial charge in [0, 0.05) is 17.2 Å². The van der Waals surface area contributed by atoms with Crippen molar-refractivity contribution in [2.45, 2.75) is 0 Å². The van der Waals surface area contributed by atoms with Crippen LogP contribution in [-0.2, 0) is 4.65 Å². The molecule has 0 saturated carbocycles. The van der Waals surface area contributed by atoms with Gasteiger partial charge in [-0.05, 0) is 39.7 Å². The Balaban J connectivity index is 1.74. The maximum atomic E-state index is 12.8. The number of halogens is 2. The van der Waals surface area contributed by atoms with Gasteiger partial charge in [0.2, 0.25) is 0 Å². The summed E-state index contributed by atoms with van der Waals surface area (Å²) < 4.78 is 30.2. The third kappa shape index (κ3) is 3.79. The molecule has 0 bridgehead atoms. The number of benzene rings is 4. The van der Waals surface area contributed by atoms with Crippen molar-refractivity contribution in [1.29, 1.82) is 0 Å². The van der Waals surface area contributed by atoms with Gasteiger partial charge in [-0.15, -0.1) is 0 Å². The van der Waals surface area contributed by atoms with Crippen LogP contribution in [0.1, 0.15) is 15.9 Å². The van der Waals surface area contributed by atoms with Crippen molar-refractivity contribution in [3.05, 3.63) is 102 Å². The number of fused-ring (bicyclic) bond motifs is 2. The monoisotopic (exact) mass is 372 g/mol. The summed E-state index contributed by atoms with van der Waals surface area (Å²) in [6.07, 6.45) is 1.11. The van der Waals surface area contributed by atoms with E-state index >= 15 is 0 Å². The largest absolute Gasteiger partial charge is 0.796 e. The van der Waals surface area contributed by atoms with Crippen molar-refractivity contribution in [2.75, 3.05) is 0 Å². The summed E-state index contributed by atoms with van der Waals surface area (Å²) >= 11 is 0. The van der Waals surface area contributed by atoms with Crippen LogP contribution in [0.4, 0.5) is 8.63 Å². The second-order valence-electron chi connectivity index (χ2n) is 6.38. The first-order valence-electron chi connectivity index (χ1n) is 8.79. The number of ketones is 1. The Morgan fingerprint density at radius 1 is 0.714 bits per heavy atom. The molecule has 0 saturated heterocycles. The molecule has 0 spiro atoms. The SMILES string of the molecule is O=C(/C=C(\OB(F)F)c1ccccc1)c1ccc2cc3ccccc3cc2c1. The van der Waals surface area contributed by atoms with Crippen molar-refractivity contribution >= 4 is 40.6 Å². The third-order valence-corrected chi connectivity index (χ3v) is 4.53. The summed E-state index contributed by atoms with van der Waals surface area (Å²) in [4.78, 5) is 12.7. The average molecular weight is 372 g/mol. The standard InChI is InChI=1S/C23H15BF2O2/c25-24(26)28-23(16-6-2-1-3-7-16)15-22(27)20-11-10-19-12-17-8-4-5-9-18(17)13-21(19)14-20/h1-15H/b23-15-. The molecule has 0 N–H and O–H groups in total. The maximum absolute atomic E-state index is 12.8. The molecule has 4 rings (SSSR count). The summed E-state index contributed by atoms with van der Waals surface area (Å²) in [5, 5.41) is 4.10. The molecule has 4 aromatic rings. The minimum absolute atomic E-state index is 0.154. The Labute approximate surface area is 161 Å². The first kappa shape index (κ1) is 17.9. The van der Waals surface area contributed by atoms with E-state index in [2.05, 4.69) is 10.7 Å². The van der Waals surface area contributed by atoms with Crippen LogP contribution in [0.2, 0.25) is 0 Å². The van der Waals surface area contributed by atoms with E-state index in [0.717, 1.165) is 27.6 Å². The van der Waals surface area contributed by atoms with Crippen molar-refractivity contribution in [1.82, 2.24) is 0 Å². The predicted octanol–water partition coefficient (Wildman–Crippen LogP) is 6.16. The second-order valence-corrected chi connectivity index (χ2v) is 6.38. The van der Waals surface area contributed by atoms with Crippen LogP contribution >= 0.6 is 0 Å². The first-order valence-corrected chi connectivity index (χ1v) is 8.79. The van der Waals surface area contributed by atoms with Gasteiger partial charge in [-0.1, -0.05) is 66.7 Å². The van der Waals surface area contributed by atoms with Gasteiger partial charge in [0.25, 0.3) is 0 Å². The van der Waals surface area contributed by atoms with Crippen LogP contribution in [0.15, 0.2) is 91.0 Å². The normalized spacial score (nSPS) is 11.6. The summed E-state index contributed by atoms with van der Waals surface area (Å²) in [7, 11) is -3.01. The van der Waals surface area contributed by atoms with E-state index in [1.807, 2.05) is 36.4 Å². The number of hydrogen-bond donors (Lipinski definition) is 0. The molecule has 0 atom stereocenters. The van der Waals surface area contributed by atoms with Crippen molar-refractivity contribution in [2.24, 2.45) is 0 Å². The Bertz CT molecular complexity index is 1190. The number of carbonyl (C=O) groups is 1. The highest BCUT2D eigenvalue weighted by molar-refractivity contribution is 6.36. The highest BCUT2D eigenvalue weighted by Gasteiger charge is 2.21. The lowest BCUT2D eigenvalue weighted by atomic mass is 9.99. The topological polar surface area (TPSA) is 26.3 Å². The van der Waals surface area contributed by atoms with Crippen LogP contribution in [0.5, 0.6) is 0 Å². The first-order chi connectivity index (χ1) is 13.6. The zero-order chi connectivity index (χ0) is 19.5. The zero-order valence-electron chi connectivity index (χ0n) is 14.8. The van der Waals surface area contributed by atoms with Gasteiger partial charge in [0.05, 0.1) is 0 Å². The van der Waals surface area contributed by atoms with E-state index in [-0.39, 0.29) is 5.76 Å². The molecule has 0 amide bonds. The molecule has 0 heterocycles. The van der Waals surface area contributed by atoms with E-state index in [0.29, 0.717) is 11.1 Å². The van der Waals surface area contributed by atoms with Crippen LogP contribution in [0.3, 0.4) is 0 Å². The van der Waals surface area contributed by atoms with E-state index < -0.39 is 13.3 Å². The van der Waals surface area contributed by atoms with Crippen LogP contribution < -0.4 is 0 Å². The Morgan fingerprint density at radius 2 is 1.32 bits per heavy atom. The Morgan fingerprint density at radius 3 is 2.00 bits per heavy atom. The fourth-order valence-electron chi connectivity index (χ4n) is 3.18. The molecule has 0 radical (unpaired) electrons. The minimum atomic E-state index is -3.01. The maximum Gasteiger partial charge on any atom is 0.796 e.